The molecule has 0 saturated carbocycles. The normalized spacial score (nSPS) is 12.7. The van der Waals surface area contributed by atoms with E-state index in [1.165, 1.54) is 0 Å². The molecule has 4 heteroatoms. The quantitative estimate of drug-likeness (QED) is 0.920. The topological polar surface area (TPSA) is 38.0 Å². The van der Waals surface area contributed by atoms with Crippen LogP contribution in [0.1, 0.15) is 36.3 Å². The van der Waals surface area contributed by atoms with Crippen molar-refractivity contribution in [3.05, 3.63) is 52.3 Å². The molecule has 96 valence electrons. The van der Waals surface area contributed by atoms with Crippen LogP contribution in [0.5, 0.6) is 0 Å². The van der Waals surface area contributed by atoms with E-state index in [-0.39, 0.29) is 0 Å². The smallest absolute Gasteiger partial charge is 0.122 e. The van der Waals surface area contributed by atoms with E-state index in [1.54, 1.807) is 6.20 Å². The van der Waals surface area contributed by atoms with Crippen LogP contribution in [0.3, 0.4) is 0 Å². The van der Waals surface area contributed by atoms with E-state index in [2.05, 4.69) is 12.0 Å². The van der Waals surface area contributed by atoms with Crippen molar-refractivity contribution in [3.8, 4) is 0 Å². The molecule has 1 unspecified atom stereocenters. The average Bonchev–Trinajstić information content (AvgIpc) is 2.77. The number of nitrogens with zero attached hydrogens (tertiary/aromatic N) is 2. The van der Waals surface area contributed by atoms with Gasteiger partial charge in [0.2, 0.25) is 0 Å². The summed E-state index contributed by atoms with van der Waals surface area (Å²) in [6, 6.07) is 7.51. The number of aliphatic hydroxyl groups is 1. The molecular weight excluding hydrogens is 248 g/mol. The molecule has 18 heavy (non-hydrogen) atoms. The van der Waals surface area contributed by atoms with Crippen molar-refractivity contribution in [1.29, 1.82) is 0 Å². The first-order valence-electron chi connectivity index (χ1n) is 6.09. The Labute approximate surface area is 112 Å². The minimum Gasteiger partial charge on any atom is -0.382 e. The van der Waals surface area contributed by atoms with Crippen molar-refractivity contribution in [2.45, 2.75) is 32.9 Å². The van der Waals surface area contributed by atoms with Crippen molar-refractivity contribution in [2.24, 2.45) is 0 Å². The van der Waals surface area contributed by atoms with Crippen LogP contribution >= 0.6 is 11.6 Å². The Hall–Kier alpha value is -1.32. The molecule has 2 aromatic rings. The summed E-state index contributed by atoms with van der Waals surface area (Å²) < 4.78 is 1.82. The van der Waals surface area contributed by atoms with Gasteiger partial charge >= 0.3 is 0 Å². The Bertz CT molecular complexity index is 536. The molecule has 0 aliphatic heterocycles. The van der Waals surface area contributed by atoms with Gasteiger partial charge in [-0.1, -0.05) is 30.7 Å². The van der Waals surface area contributed by atoms with Gasteiger partial charge in [-0.25, -0.2) is 0 Å². The summed E-state index contributed by atoms with van der Waals surface area (Å²) in [5, 5.41) is 15.2. The molecule has 0 spiro atoms. The largest absolute Gasteiger partial charge is 0.382 e. The number of hydrogen-bond acceptors (Lipinski definition) is 2. The minimum absolute atomic E-state index is 0.590. The van der Waals surface area contributed by atoms with Crippen LogP contribution in [0.15, 0.2) is 30.5 Å². The predicted octanol–water partition coefficient (Wildman–Crippen LogP) is 3.34. The second-order valence-corrected chi connectivity index (χ2v) is 4.81. The van der Waals surface area contributed by atoms with Gasteiger partial charge < -0.3 is 5.11 Å². The van der Waals surface area contributed by atoms with E-state index in [4.69, 9.17) is 11.6 Å². The van der Waals surface area contributed by atoms with Crippen LogP contribution in [-0.2, 0) is 6.54 Å². The zero-order chi connectivity index (χ0) is 13.1. The fourth-order valence-electron chi connectivity index (χ4n) is 1.99. The highest BCUT2D eigenvalue weighted by molar-refractivity contribution is 6.31. The number of aliphatic hydroxyl groups excluding tert-OH is 1. The van der Waals surface area contributed by atoms with E-state index >= 15 is 0 Å². The first-order chi connectivity index (χ1) is 8.63. The van der Waals surface area contributed by atoms with Gasteiger partial charge in [0.15, 0.2) is 0 Å². The first kappa shape index (κ1) is 13.1. The monoisotopic (exact) mass is 264 g/mol. The lowest BCUT2D eigenvalue weighted by Crippen LogP contribution is -2.10. The summed E-state index contributed by atoms with van der Waals surface area (Å²) in [6.07, 6.45) is 1.95. The summed E-state index contributed by atoms with van der Waals surface area (Å²) >= 11 is 6.18. The standard InChI is InChI=1S/C14H17ClN2O/c1-3-8-17-13(6-7-16-17)14(18)11-5-4-10(2)9-12(11)15/h4-7,9,14,18H,3,8H2,1-2H3. The van der Waals surface area contributed by atoms with Gasteiger partial charge in [0, 0.05) is 23.3 Å². The van der Waals surface area contributed by atoms with Crippen LogP contribution in [0.25, 0.3) is 0 Å². The van der Waals surface area contributed by atoms with Gasteiger partial charge in [-0.3, -0.25) is 4.68 Å². The number of aromatic nitrogens is 2. The fraction of sp³-hybridized carbons (Fsp3) is 0.357. The van der Waals surface area contributed by atoms with Gasteiger partial charge in [-0.15, -0.1) is 0 Å². The molecule has 0 amide bonds. The summed E-state index contributed by atoms with van der Waals surface area (Å²) in [6.45, 7) is 4.85. The number of halogens is 1. The molecule has 1 aromatic carbocycles. The Balaban J connectivity index is 2.35. The Morgan fingerprint density at radius 2 is 2.17 bits per heavy atom. The predicted molar refractivity (Wildman–Crippen MR) is 72.8 cm³/mol. The zero-order valence-electron chi connectivity index (χ0n) is 10.6. The molecule has 0 aliphatic carbocycles. The lowest BCUT2D eigenvalue weighted by atomic mass is 10.0. The van der Waals surface area contributed by atoms with Gasteiger partial charge in [0.05, 0.1) is 5.69 Å². The molecule has 0 radical (unpaired) electrons. The maximum Gasteiger partial charge on any atom is 0.122 e. The summed E-state index contributed by atoms with van der Waals surface area (Å²) in [7, 11) is 0. The Morgan fingerprint density at radius 1 is 1.39 bits per heavy atom. The number of aryl methyl sites for hydroxylation is 2. The third-order valence-electron chi connectivity index (χ3n) is 2.92. The van der Waals surface area contributed by atoms with E-state index in [0.29, 0.717) is 5.02 Å². The van der Waals surface area contributed by atoms with Crippen LogP contribution in [0.4, 0.5) is 0 Å². The van der Waals surface area contributed by atoms with Crippen LogP contribution < -0.4 is 0 Å². The van der Waals surface area contributed by atoms with E-state index < -0.39 is 6.10 Å². The molecule has 1 atom stereocenters. The molecule has 0 aliphatic rings. The highest BCUT2D eigenvalue weighted by atomic mass is 35.5. The summed E-state index contributed by atoms with van der Waals surface area (Å²) in [5.74, 6) is 0. The third kappa shape index (κ3) is 2.57. The van der Waals surface area contributed by atoms with Crippen molar-refractivity contribution >= 4 is 11.6 Å². The molecule has 1 N–H and O–H groups in total. The fourth-order valence-corrected chi connectivity index (χ4v) is 2.33. The SMILES string of the molecule is CCCn1nccc1C(O)c1ccc(C)cc1Cl. The maximum atomic E-state index is 10.4. The van der Waals surface area contributed by atoms with Gasteiger partial charge in [-0.2, -0.15) is 5.10 Å². The number of benzene rings is 1. The van der Waals surface area contributed by atoms with Crippen LogP contribution in [0, 0.1) is 6.92 Å². The van der Waals surface area contributed by atoms with Gasteiger partial charge in [-0.05, 0) is 31.0 Å². The molecule has 3 nitrogen and oxygen atoms in total. The third-order valence-corrected chi connectivity index (χ3v) is 3.24. The number of rotatable bonds is 4. The molecule has 0 saturated heterocycles. The Morgan fingerprint density at radius 3 is 2.83 bits per heavy atom. The molecule has 1 aromatic heterocycles. The summed E-state index contributed by atoms with van der Waals surface area (Å²) in [4.78, 5) is 0. The van der Waals surface area contributed by atoms with E-state index in [1.807, 2.05) is 35.9 Å². The van der Waals surface area contributed by atoms with Gasteiger partial charge in [0.1, 0.15) is 6.10 Å². The van der Waals surface area contributed by atoms with Crippen molar-refractivity contribution in [2.75, 3.05) is 0 Å². The zero-order valence-corrected chi connectivity index (χ0v) is 11.4. The van der Waals surface area contributed by atoms with Crippen LogP contribution in [0.2, 0.25) is 5.02 Å². The average molecular weight is 265 g/mol. The molecule has 2 rings (SSSR count). The number of hydrogen-bond donors (Lipinski definition) is 1. The van der Waals surface area contributed by atoms with Crippen LogP contribution in [-0.4, -0.2) is 14.9 Å². The van der Waals surface area contributed by atoms with Crippen molar-refractivity contribution in [3.63, 3.8) is 0 Å². The second kappa shape index (κ2) is 5.55. The summed E-state index contributed by atoms with van der Waals surface area (Å²) in [5.41, 5.74) is 2.58. The van der Waals surface area contributed by atoms with E-state index in [0.717, 1.165) is 29.8 Å². The lowest BCUT2D eigenvalue weighted by molar-refractivity contribution is 0.207. The molecule has 0 fully saturated rings. The molecule has 0 bridgehead atoms. The molecule has 1 heterocycles. The molecular formula is C14H17ClN2O. The maximum absolute atomic E-state index is 10.4. The highest BCUT2D eigenvalue weighted by Crippen LogP contribution is 2.28. The lowest BCUT2D eigenvalue weighted by Gasteiger charge is -2.15. The van der Waals surface area contributed by atoms with Crippen molar-refractivity contribution < 1.29 is 5.11 Å². The Kier molecular flexibility index (Phi) is 4.04. The van der Waals surface area contributed by atoms with E-state index in [9.17, 15) is 5.11 Å². The second-order valence-electron chi connectivity index (χ2n) is 4.41. The van der Waals surface area contributed by atoms with Gasteiger partial charge in [0.25, 0.3) is 0 Å². The van der Waals surface area contributed by atoms with Crippen molar-refractivity contribution in [1.82, 2.24) is 9.78 Å². The first-order valence-corrected chi connectivity index (χ1v) is 6.47. The minimum atomic E-state index is -0.729. The highest BCUT2D eigenvalue weighted by Gasteiger charge is 2.17.